The molecule has 3 heteroatoms. The van der Waals surface area contributed by atoms with Crippen molar-refractivity contribution in [2.75, 3.05) is 6.61 Å². The summed E-state index contributed by atoms with van der Waals surface area (Å²) >= 11 is 0. The van der Waals surface area contributed by atoms with Gasteiger partial charge in [0.2, 0.25) is 0 Å². The van der Waals surface area contributed by atoms with E-state index in [9.17, 15) is 9.59 Å². The lowest BCUT2D eigenvalue weighted by molar-refractivity contribution is -0.141. The minimum atomic E-state index is -0.280. The molecule has 0 fully saturated rings. The Bertz CT molecular complexity index is 288. The van der Waals surface area contributed by atoms with E-state index in [2.05, 4.69) is 26.8 Å². The Hall–Kier alpha value is -1.12. The Morgan fingerprint density at radius 1 is 1.22 bits per heavy atom. The number of carbonyl (C=O) groups is 2. The average Bonchev–Trinajstić information content (AvgIpc) is 2.23. The second-order valence-corrected chi connectivity index (χ2v) is 5.15. The van der Waals surface area contributed by atoms with Gasteiger partial charge in [-0.3, -0.25) is 9.59 Å². The second-order valence-electron chi connectivity index (χ2n) is 5.15. The maximum atomic E-state index is 11.6. The number of rotatable bonds is 9. The molecule has 0 aromatic carbocycles. The first-order chi connectivity index (χ1) is 8.41. The van der Waals surface area contributed by atoms with Gasteiger partial charge in [-0.25, -0.2) is 0 Å². The molecular weight excluding hydrogens is 228 g/mol. The Labute approximate surface area is 111 Å². The van der Waals surface area contributed by atoms with Crippen molar-refractivity contribution in [3.63, 3.8) is 0 Å². The van der Waals surface area contributed by atoms with E-state index in [0.717, 1.165) is 12.8 Å². The molecule has 0 saturated carbocycles. The van der Waals surface area contributed by atoms with Gasteiger partial charge in [-0.05, 0) is 39.0 Å². The third-order valence-electron chi connectivity index (χ3n) is 2.69. The van der Waals surface area contributed by atoms with Crippen molar-refractivity contribution in [2.45, 2.75) is 59.8 Å². The minimum Gasteiger partial charge on any atom is -0.466 e. The Morgan fingerprint density at radius 3 is 2.44 bits per heavy atom. The summed E-state index contributed by atoms with van der Waals surface area (Å²) in [6, 6.07) is 0. The fraction of sp³-hybridized carbons (Fsp3) is 0.733. The summed E-state index contributed by atoms with van der Waals surface area (Å²) in [7, 11) is 0. The van der Waals surface area contributed by atoms with Crippen molar-refractivity contribution in [3.05, 3.63) is 11.6 Å². The van der Waals surface area contributed by atoms with Crippen molar-refractivity contribution in [1.82, 2.24) is 0 Å². The summed E-state index contributed by atoms with van der Waals surface area (Å²) in [5.74, 6) is 0.422. The van der Waals surface area contributed by atoms with E-state index in [0.29, 0.717) is 31.8 Å². The molecule has 0 rings (SSSR count). The largest absolute Gasteiger partial charge is 0.466 e. The van der Waals surface area contributed by atoms with E-state index >= 15 is 0 Å². The van der Waals surface area contributed by atoms with Gasteiger partial charge in [0.05, 0.1) is 6.61 Å². The van der Waals surface area contributed by atoms with Gasteiger partial charge in [-0.1, -0.05) is 18.6 Å². The summed E-state index contributed by atoms with van der Waals surface area (Å²) in [6.07, 6.45) is 6.10. The van der Waals surface area contributed by atoms with Gasteiger partial charge in [0.1, 0.15) is 5.78 Å². The van der Waals surface area contributed by atoms with Crippen LogP contribution in [-0.4, -0.2) is 18.4 Å². The van der Waals surface area contributed by atoms with Gasteiger partial charge in [0.25, 0.3) is 0 Å². The van der Waals surface area contributed by atoms with Crippen molar-refractivity contribution < 1.29 is 14.3 Å². The van der Waals surface area contributed by atoms with Crippen LogP contribution in [-0.2, 0) is 14.3 Å². The number of allylic oxidation sites excluding steroid dienone is 2. The van der Waals surface area contributed by atoms with Crippen molar-refractivity contribution >= 4 is 11.8 Å². The molecule has 0 spiro atoms. The first kappa shape index (κ1) is 16.9. The SMILES string of the molecule is CC(=O)OCCCC(=O)CC(C)CCC=C(C)C. The Balaban J connectivity index is 3.61. The van der Waals surface area contributed by atoms with Crippen LogP contribution in [0.25, 0.3) is 0 Å². The standard InChI is InChI=1S/C15H26O3/c1-12(2)7-5-8-13(3)11-15(17)9-6-10-18-14(4)16/h7,13H,5-6,8-11H2,1-4H3. The van der Waals surface area contributed by atoms with Crippen LogP contribution in [0.1, 0.15) is 59.8 Å². The van der Waals surface area contributed by atoms with E-state index in [4.69, 9.17) is 4.74 Å². The maximum Gasteiger partial charge on any atom is 0.302 e. The minimum absolute atomic E-state index is 0.270. The highest BCUT2D eigenvalue weighted by atomic mass is 16.5. The number of Topliss-reactive ketones (excluding diaryl/α,β-unsaturated/α-hetero) is 1. The van der Waals surface area contributed by atoms with Crippen LogP contribution in [0.5, 0.6) is 0 Å². The molecule has 0 N–H and O–H groups in total. The molecule has 0 aromatic rings. The highest BCUT2D eigenvalue weighted by Crippen LogP contribution is 2.13. The topological polar surface area (TPSA) is 43.4 Å². The van der Waals surface area contributed by atoms with Gasteiger partial charge in [0, 0.05) is 19.8 Å². The quantitative estimate of drug-likeness (QED) is 0.358. The molecule has 3 nitrogen and oxygen atoms in total. The maximum absolute atomic E-state index is 11.6. The summed E-state index contributed by atoms with van der Waals surface area (Å²) in [5.41, 5.74) is 1.33. The molecule has 0 aromatic heterocycles. The predicted octanol–water partition coefficient (Wildman–Crippen LogP) is 3.67. The van der Waals surface area contributed by atoms with Gasteiger partial charge >= 0.3 is 5.97 Å². The highest BCUT2D eigenvalue weighted by molar-refractivity contribution is 5.78. The fourth-order valence-electron chi connectivity index (χ4n) is 1.73. The van der Waals surface area contributed by atoms with E-state index in [1.807, 2.05) is 0 Å². The molecule has 18 heavy (non-hydrogen) atoms. The van der Waals surface area contributed by atoms with E-state index in [1.54, 1.807) is 0 Å². The predicted molar refractivity (Wildman–Crippen MR) is 73.3 cm³/mol. The third kappa shape index (κ3) is 11.4. The van der Waals surface area contributed by atoms with Crippen LogP contribution >= 0.6 is 0 Å². The summed E-state index contributed by atoms with van der Waals surface area (Å²) in [5, 5.41) is 0. The lowest BCUT2D eigenvalue weighted by atomic mass is 9.97. The van der Waals surface area contributed by atoms with Crippen LogP contribution < -0.4 is 0 Å². The monoisotopic (exact) mass is 254 g/mol. The molecule has 104 valence electrons. The van der Waals surface area contributed by atoms with Crippen LogP contribution in [0, 0.1) is 5.92 Å². The number of carbonyl (C=O) groups excluding carboxylic acids is 2. The molecule has 0 aliphatic carbocycles. The van der Waals surface area contributed by atoms with E-state index < -0.39 is 0 Å². The molecule has 0 saturated heterocycles. The molecule has 0 amide bonds. The first-order valence-corrected chi connectivity index (χ1v) is 6.70. The fourth-order valence-corrected chi connectivity index (χ4v) is 1.73. The second kappa shape index (κ2) is 9.86. The zero-order chi connectivity index (χ0) is 14.0. The van der Waals surface area contributed by atoms with Crippen molar-refractivity contribution in [1.29, 1.82) is 0 Å². The molecule has 0 bridgehead atoms. The van der Waals surface area contributed by atoms with Gasteiger partial charge in [0.15, 0.2) is 0 Å². The molecule has 0 aliphatic heterocycles. The molecule has 0 aliphatic rings. The van der Waals surface area contributed by atoms with Crippen molar-refractivity contribution in [3.8, 4) is 0 Å². The van der Waals surface area contributed by atoms with Crippen LogP contribution in [0.4, 0.5) is 0 Å². The first-order valence-electron chi connectivity index (χ1n) is 6.70. The third-order valence-corrected chi connectivity index (χ3v) is 2.69. The number of esters is 1. The summed E-state index contributed by atoms with van der Waals surface area (Å²) in [4.78, 5) is 22.2. The average molecular weight is 254 g/mol. The van der Waals surface area contributed by atoms with Crippen molar-refractivity contribution in [2.24, 2.45) is 5.92 Å². The number of hydrogen-bond acceptors (Lipinski definition) is 3. The smallest absolute Gasteiger partial charge is 0.302 e. The van der Waals surface area contributed by atoms with E-state index in [1.165, 1.54) is 12.5 Å². The van der Waals surface area contributed by atoms with Crippen LogP contribution in [0.3, 0.4) is 0 Å². The lowest BCUT2D eigenvalue weighted by Crippen LogP contribution is -2.08. The summed E-state index contributed by atoms with van der Waals surface area (Å²) < 4.78 is 4.79. The normalized spacial score (nSPS) is 11.8. The molecule has 0 heterocycles. The van der Waals surface area contributed by atoms with Crippen LogP contribution in [0.15, 0.2) is 11.6 Å². The number of hydrogen-bond donors (Lipinski definition) is 0. The molecule has 0 radical (unpaired) electrons. The zero-order valence-corrected chi connectivity index (χ0v) is 12.1. The molecule has 1 unspecified atom stereocenters. The zero-order valence-electron chi connectivity index (χ0n) is 12.1. The summed E-state index contributed by atoms with van der Waals surface area (Å²) in [6.45, 7) is 8.03. The van der Waals surface area contributed by atoms with Gasteiger partial charge in [-0.2, -0.15) is 0 Å². The highest BCUT2D eigenvalue weighted by Gasteiger charge is 2.08. The Morgan fingerprint density at radius 2 is 1.89 bits per heavy atom. The van der Waals surface area contributed by atoms with E-state index in [-0.39, 0.29) is 11.8 Å². The number of ether oxygens (including phenoxy) is 1. The lowest BCUT2D eigenvalue weighted by Gasteiger charge is -2.09. The molecule has 1 atom stereocenters. The molecular formula is C15H26O3. The van der Waals surface area contributed by atoms with Gasteiger partial charge in [-0.15, -0.1) is 0 Å². The number of ketones is 1. The van der Waals surface area contributed by atoms with Crippen LogP contribution in [0.2, 0.25) is 0 Å². The Kier molecular flexibility index (Phi) is 9.25. The van der Waals surface area contributed by atoms with Gasteiger partial charge < -0.3 is 4.74 Å².